The highest BCUT2D eigenvalue weighted by Crippen LogP contribution is 2.43. The number of hydrogen-bond acceptors (Lipinski definition) is 8. The summed E-state index contributed by atoms with van der Waals surface area (Å²) in [7, 11) is -4.41. The fourth-order valence-corrected chi connectivity index (χ4v) is 9.67. The molecule has 10 heteroatoms. The van der Waals surface area contributed by atoms with Crippen molar-refractivity contribution in [1.82, 2.24) is 0 Å². The summed E-state index contributed by atoms with van der Waals surface area (Å²) in [6, 6.07) is 0. The second-order valence-corrected chi connectivity index (χ2v) is 23.7. The molecule has 89 heavy (non-hydrogen) atoms. The molecule has 0 bridgehead atoms. The minimum atomic E-state index is -4.41. The standard InChI is InChI=1S/C79H126NO8P/c1-3-5-7-9-11-13-15-17-19-21-23-25-27-29-31-33-34-35-36-37-38-39-40-41-42-44-46-48-50-52-54-56-58-60-62-64-66-68-70-72-79(82)88-77(76-87-89(83,84)86-74-73-80)75-85-78(81)71-69-67-65-63-61-59-57-55-53-51-49-47-45-43-32-30-28-26-24-22-20-18-16-14-12-10-8-6-4-2/h5-8,11-14,17-20,23-26,29-32,34-35,37-38,40-41,45,47,51,53,57,59,77H,3-4,9-10,15-16,21-22,27-28,33,36,39,42-44,46,48-50,52,54-56,58,60-76,80H2,1-2H3,(H,83,84)/b7-5-,8-6-,13-11-,14-12-,19-17-,20-18-,25-23-,26-24-,31-29-,32-30-,35-34-,38-37-,41-40-,47-45-,53-51-,59-57-. The third-order valence-corrected chi connectivity index (χ3v) is 15.0. The van der Waals surface area contributed by atoms with Crippen molar-refractivity contribution in [2.45, 2.75) is 264 Å². The van der Waals surface area contributed by atoms with E-state index in [4.69, 9.17) is 24.3 Å². The average molecular weight is 1250 g/mol. The lowest BCUT2D eigenvalue weighted by molar-refractivity contribution is -0.161. The van der Waals surface area contributed by atoms with Crippen LogP contribution in [0.15, 0.2) is 194 Å². The van der Waals surface area contributed by atoms with E-state index >= 15 is 0 Å². The van der Waals surface area contributed by atoms with Crippen LogP contribution >= 0.6 is 7.82 Å². The lowest BCUT2D eigenvalue weighted by atomic mass is 10.0. The maximum atomic E-state index is 12.8. The zero-order valence-electron chi connectivity index (χ0n) is 56.1. The van der Waals surface area contributed by atoms with E-state index in [2.05, 4.69) is 208 Å². The third-order valence-electron chi connectivity index (χ3n) is 14.0. The number of unbranched alkanes of at least 4 members (excludes halogenated alkanes) is 18. The van der Waals surface area contributed by atoms with E-state index in [0.717, 1.165) is 148 Å². The van der Waals surface area contributed by atoms with Gasteiger partial charge in [-0.25, -0.2) is 4.57 Å². The molecule has 0 amide bonds. The predicted octanol–water partition coefficient (Wildman–Crippen LogP) is 23.3. The van der Waals surface area contributed by atoms with Gasteiger partial charge in [0.1, 0.15) is 6.61 Å². The smallest absolute Gasteiger partial charge is 0.462 e. The SMILES string of the molecule is CC/C=C\C/C=C\C/C=C\C/C=C\C/C=C\C/C=C\C/C=C\C/C=C\CCCCCCCCCCCCCCCCC(=O)OC(COC(=O)CCCCCC/C=C\C/C=C\C/C=C\C/C=C\C/C=C\C/C=C\C/C=C\C/C=C\CC)COP(=O)(O)OCCN. The number of allylic oxidation sites excluding steroid dienone is 32. The lowest BCUT2D eigenvalue weighted by Crippen LogP contribution is -2.29. The Morgan fingerprint density at radius 3 is 0.865 bits per heavy atom. The second-order valence-electron chi connectivity index (χ2n) is 22.3. The minimum Gasteiger partial charge on any atom is -0.462 e. The lowest BCUT2D eigenvalue weighted by Gasteiger charge is -2.19. The first kappa shape index (κ1) is 83.8. The molecule has 0 radical (unpaired) electrons. The number of esters is 2. The van der Waals surface area contributed by atoms with Crippen LogP contribution in [0.2, 0.25) is 0 Å². The molecule has 3 N–H and O–H groups in total. The molecule has 0 saturated heterocycles. The molecule has 2 unspecified atom stereocenters. The summed E-state index contributed by atoms with van der Waals surface area (Å²) >= 11 is 0. The van der Waals surface area contributed by atoms with Gasteiger partial charge in [0.15, 0.2) is 6.10 Å². The van der Waals surface area contributed by atoms with E-state index in [1.165, 1.54) is 70.6 Å². The quantitative estimate of drug-likeness (QED) is 0.0264. The number of ether oxygens (including phenoxy) is 2. The Labute approximate surface area is 545 Å². The van der Waals surface area contributed by atoms with Gasteiger partial charge in [-0.3, -0.25) is 18.6 Å². The summed E-state index contributed by atoms with van der Waals surface area (Å²) in [6.07, 6.45) is 109. The van der Waals surface area contributed by atoms with E-state index in [9.17, 15) is 19.0 Å². The Hall–Kier alpha value is -5.15. The average Bonchev–Trinajstić information content (AvgIpc) is 3.68. The molecule has 0 aromatic carbocycles. The van der Waals surface area contributed by atoms with Crippen molar-refractivity contribution in [2.75, 3.05) is 26.4 Å². The Morgan fingerprint density at radius 2 is 0.584 bits per heavy atom. The second kappa shape index (κ2) is 71.9. The summed E-state index contributed by atoms with van der Waals surface area (Å²) in [5.41, 5.74) is 5.40. The zero-order chi connectivity index (χ0) is 64.4. The topological polar surface area (TPSA) is 134 Å². The molecule has 0 rings (SSSR count). The number of hydrogen-bond donors (Lipinski definition) is 2. The molecule has 0 aromatic rings. The Morgan fingerprint density at radius 1 is 0.337 bits per heavy atom. The first-order valence-electron chi connectivity index (χ1n) is 34.9. The van der Waals surface area contributed by atoms with Gasteiger partial charge in [-0.2, -0.15) is 0 Å². The number of carbonyl (C=O) groups is 2. The summed E-state index contributed by atoms with van der Waals surface area (Å²) in [5, 5.41) is 0. The van der Waals surface area contributed by atoms with Crippen LogP contribution in [0.4, 0.5) is 0 Å². The molecule has 0 heterocycles. The third kappa shape index (κ3) is 71.8. The molecule has 500 valence electrons. The number of nitrogens with two attached hydrogens (primary N) is 1. The van der Waals surface area contributed by atoms with E-state index in [1.807, 2.05) is 0 Å². The van der Waals surface area contributed by atoms with E-state index in [1.54, 1.807) is 0 Å². The summed E-state index contributed by atoms with van der Waals surface area (Å²) in [6.45, 7) is 3.47. The summed E-state index contributed by atoms with van der Waals surface area (Å²) in [5.74, 6) is -0.868. The molecule has 2 atom stereocenters. The molecule has 0 aliphatic rings. The van der Waals surface area contributed by atoms with Gasteiger partial charge in [0.05, 0.1) is 13.2 Å². The molecule has 0 saturated carbocycles. The van der Waals surface area contributed by atoms with Gasteiger partial charge in [0.25, 0.3) is 0 Å². The number of phosphoric acid groups is 1. The van der Waals surface area contributed by atoms with Gasteiger partial charge in [-0.15, -0.1) is 0 Å². The van der Waals surface area contributed by atoms with E-state index in [0.29, 0.717) is 12.8 Å². The van der Waals surface area contributed by atoms with Crippen molar-refractivity contribution >= 4 is 19.8 Å². The summed E-state index contributed by atoms with van der Waals surface area (Å²) in [4.78, 5) is 35.4. The fourth-order valence-electron chi connectivity index (χ4n) is 8.90. The molecule has 9 nitrogen and oxygen atoms in total. The van der Waals surface area contributed by atoms with Crippen LogP contribution in [0.3, 0.4) is 0 Å². The maximum Gasteiger partial charge on any atom is 0.472 e. The molecule has 0 aliphatic carbocycles. The van der Waals surface area contributed by atoms with Gasteiger partial charge in [-0.1, -0.05) is 298 Å². The first-order valence-corrected chi connectivity index (χ1v) is 36.4. The van der Waals surface area contributed by atoms with Gasteiger partial charge in [-0.05, 0) is 141 Å². The minimum absolute atomic E-state index is 0.0400. The number of phosphoric ester groups is 1. The van der Waals surface area contributed by atoms with E-state index < -0.39 is 32.5 Å². The molecule has 0 fully saturated rings. The molecular formula is C79H126NO8P. The maximum absolute atomic E-state index is 12.8. The van der Waals surface area contributed by atoms with Crippen LogP contribution in [0.1, 0.15) is 258 Å². The highest BCUT2D eigenvalue weighted by Gasteiger charge is 2.26. The Bertz CT molecular complexity index is 2160. The van der Waals surface area contributed by atoms with Crippen molar-refractivity contribution in [3.63, 3.8) is 0 Å². The Balaban J connectivity index is 3.99. The molecule has 0 spiro atoms. The van der Waals surface area contributed by atoms with Crippen molar-refractivity contribution in [2.24, 2.45) is 5.73 Å². The van der Waals surface area contributed by atoms with Gasteiger partial charge >= 0.3 is 19.8 Å². The molecule has 0 aromatic heterocycles. The zero-order valence-corrected chi connectivity index (χ0v) is 57.0. The van der Waals surface area contributed by atoms with Crippen LogP contribution < -0.4 is 5.73 Å². The predicted molar refractivity (Wildman–Crippen MR) is 385 cm³/mol. The summed E-state index contributed by atoms with van der Waals surface area (Å²) < 4.78 is 33.1. The Kier molecular flexibility index (Phi) is 67.8. The van der Waals surface area contributed by atoms with Gasteiger partial charge in [0.2, 0.25) is 0 Å². The molecular weight excluding hydrogens is 1120 g/mol. The number of rotatable bonds is 63. The van der Waals surface area contributed by atoms with Crippen molar-refractivity contribution in [1.29, 1.82) is 0 Å². The fraction of sp³-hybridized carbons (Fsp3) is 0.570. The monoisotopic (exact) mass is 1250 g/mol. The number of carbonyl (C=O) groups excluding carboxylic acids is 2. The van der Waals surface area contributed by atoms with E-state index in [-0.39, 0.29) is 32.6 Å². The van der Waals surface area contributed by atoms with Crippen LogP contribution in [0.5, 0.6) is 0 Å². The van der Waals surface area contributed by atoms with Crippen LogP contribution in [-0.4, -0.2) is 49.3 Å². The highest BCUT2D eigenvalue weighted by molar-refractivity contribution is 7.47. The van der Waals surface area contributed by atoms with Crippen molar-refractivity contribution < 1.29 is 37.6 Å². The van der Waals surface area contributed by atoms with Crippen molar-refractivity contribution in [3.8, 4) is 0 Å². The first-order chi connectivity index (χ1) is 43.8. The van der Waals surface area contributed by atoms with Crippen LogP contribution in [-0.2, 0) is 32.7 Å². The highest BCUT2D eigenvalue weighted by atomic mass is 31.2. The van der Waals surface area contributed by atoms with Crippen LogP contribution in [0.25, 0.3) is 0 Å². The van der Waals surface area contributed by atoms with Crippen LogP contribution in [0, 0.1) is 0 Å². The van der Waals surface area contributed by atoms with Crippen molar-refractivity contribution in [3.05, 3.63) is 194 Å². The molecule has 0 aliphatic heterocycles. The van der Waals surface area contributed by atoms with Gasteiger partial charge in [0, 0.05) is 19.4 Å². The normalized spacial score (nSPS) is 14.2. The largest absolute Gasteiger partial charge is 0.472 e. The van der Waals surface area contributed by atoms with Gasteiger partial charge < -0.3 is 20.1 Å².